The highest BCUT2D eigenvalue weighted by molar-refractivity contribution is 7.13. The summed E-state index contributed by atoms with van der Waals surface area (Å²) in [5, 5.41) is 14.9. The van der Waals surface area contributed by atoms with Gasteiger partial charge in [0.15, 0.2) is 0 Å². The molecule has 0 amide bonds. The summed E-state index contributed by atoms with van der Waals surface area (Å²) in [6.07, 6.45) is 7.53. The number of aliphatic carboxylic acids is 1. The lowest BCUT2D eigenvalue weighted by Gasteiger charge is -2.18. The number of fused-ring (bicyclic) bond motifs is 2. The van der Waals surface area contributed by atoms with Crippen molar-refractivity contribution in [3.63, 3.8) is 0 Å². The van der Waals surface area contributed by atoms with E-state index < -0.39 is 5.97 Å². The molecular weight excluding hydrogens is 330 g/mol. The molecule has 4 heteroatoms. The van der Waals surface area contributed by atoms with Gasteiger partial charge in [-0.1, -0.05) is 29.8 Å². The molecule has 25 heavy (non-hydrogen) atoms. The van der Waals surface area contributed by atoms with E-state index >= 15 is 0 Å². The van der Waals surface area contributed by atoms with Gasteiger partial charge in [-0.25, -0.2) is 0 Å². The maximum Gasteiger partial charge on any atom is 0.303 e. The van der Waals surface area contributed by atoms with Crippen molar-refractivity contribution in [2.45, 2.75) is 25.7 Å². The molecule has 0 atom stereocenters. The summed E-state index contributed by atoms with van der Waals surface area (Å²) in [6, 6.07) is 10.7. The van der Waals surface area contributed by atoms with Crippen LogP contribution in [0.4, 0.5) is 0 Å². The molecule has 2 aliphatic rings. The number of allylic oxidation sites excluding steroid dienone is 1. The smallest absolute Gasteiger partial charge is 0.303 e. The van der Waals surface area contributed by atoms with Crippen LogP contribution in [0.3, 0.4) is 0 Å². The number of benzene rings is 1. The van der Waals surface area contributed by atoms with Crippen molar-refractivity contribution in [3.8, 4) is 0 Å². The molecule has 2 aromatic rings. The number of piperidine rings is 1. The van der Waals surface area contributed by atoms with E-state index in [0.29, 0.717) is 6.42 Å². The number of carboxylic acids is 1. The second-order valence-electron chi connectivity index (χ2n) is 6.58. The van der Waals surface area contributed by atoms with Crippen LogP contribution in [0, 0.1) is 0 Å². The van der Waals surface area contributed by atoms with Crippen LogP contribution in [-0.2, 0) is 11.2 Å². The van der Waals surface area contributed by atoms with Crippen LogP contribution in [0.25, 0.3) is 17.7 Å². The number of carbonyl (C=O) groups is 1. The molecule has 1 aliphatic heterocycles. The Balaban J connectivity index is 1.87. The van der Waals surface area contributed by atoms with E-state index in [1.165, 1.54) is 32.0 Å². The molecule has 2 heterocycles. The maximum absolute atomic E-state index is 10.9. The van der Waals surface area contributed by atoms with Gasteiger partial charge < -0.3 is 10.4 Å². The number of carboxylic acid groups (broad SMARTS) is 1. The zero-order chi connectivity index (χ0) is 17.2. The van der Waals surface area contributed by atoms with Crippen molar-refractivity contribution in [2.75, 3.05) is 13.1 Å². The SMILES string of the molecule is O=C(O)CCc1cc2c(s1)C(=C1CCNCC1)C=c1ccccc1=C2. The quantitative estimate of drug-likeness (QED) is 0.893. The molecule has 0 radical (unpaired) electrons. The summed E-state index contributed by atoms with van der Waals surface area (Å²) < 4.78 is 0. The molecule has 0 saturated carbocycles. The molecule has 128 valence electrons. The van der Waals surface area contributed by atoms with Crippen LogP contribution >= 0.6 is 11.3 Å². The molecule has 1 fully saturated rings. The van der Waals surface area contributed by atoms with Gasteiger partial charge in [0.2, 0.25) is 0 Å². The molecule has 1 saturated heterocycles. The predicted octanol–water partition coefficient (Wildman–Crippen LogP) is 2.53. The monoisotopic (exact) mass is 351 g/mol. The summed E-state index contributed by atoms with van der Waals surface area (Å²) in [6.45, 7) is 2.06. The van der Waals surface area contributed by atoms with Gasteiger partial charge in [-0.2, -0.15) is 0 Å². The fourth-order valence-corrected chi connectivity index (χ4v) is 4.75. The fraction of sp³-hybridized carbons (Fsp3) is 0.286. The Morgan fingerprint density at radius 3 is 2.56 bits per heavy atom. The van der Waals surface area contributed by atoms with E-state index in [1.54, 1.807) is 11.3 Å². The van der Waals surface area contributed by atoms with Crippen molar-refractivity contribution in [1.82, 2.24) is 5.32 Å². The first kappa shape index (κ1) is 16.3. The molecule has 3 nitrogen and oxygen atoms in total. The topological polar surface area (TPSA) is 49.3 Å². The molecule has 1 aromatic carbocycles. The van der Waals surface area contributed by atoms with Crippen molar-refractivity contribution >= 4 is 35.0 Å². The fourth-order valence-electron chi connectivity index (χ4n) is 3.55. The van der Waals surface area contributed by atoms with Crippen LogP contribution in [-0.4, -0.2) is 24.2 Å². The van der Waals surface area contributed by atoms with Gasteiger partial charge in [-0.15, -0.1) is 11.3 Å². The zero-order valence-electron chi connectivity index (χ0n) is 14.0. The van der Waals surface area contributed by atoms with Crippen molar-refractivity contribution in [2.24, 2.45) is 0 Å². The largest absolute Gasteiger partial charge is 0.481 e. The first-order valence-electron chi connectivity index (χ1n) is 8.77. The lowest BCUT2D eigenvalue weighted by molar-refractivity contribution is -0.136. The van der Waals surface area contributed by atoms with Gasteiger partial charge in [-0.3, -0.25) is 4.79 Å². The normalized spacial score (nSPS) is 16.3. The second kappa shape index (κ2) is 6.98. The third-order valence-corrected chi connectivity index (χ3v) is 6.08. The number of thiophene rings is 1. The Hall–Kier alpha value is -2.17. The van der Waals surface area contributed by atoms with Gasteiger partial charge >= 0.3 is 5.97 Å². The molecule has 2 N–H and O–H groups in total. The molecule has 0 bridgehead atoms. The highest BCUT2D eigenvalue weighted by Gasteiger charge is 2.18. The van der Waals surface area contributed by atoms with Gasteiger partial charge in [0.05, 0.1) is 6.42 Å². The zero-order valence-corrected chi connectivity index (χ0v) is 14.9. The standard InChI is InChI=1S/C21H21NO2S/c23-20(24)6-5-18-12-17-11-15-3-1-2-4-16(15)13-19(21(17)25-18)14-7-9-22-10-8-14/h1-4,11-13,22H,5-10H2,(H,23,24). The average molecular weight is 351 g/mol. The summed E-state index contributed by atoms with van der Waals surface area (Å²) in [5.41, 5.74) is 4.09. The predicted molar refractivity (Wildman–Crippen MR) is 103 cm³/mol. The molecular formula is C21H21NO2S. The average Bonchev–Trinajstić information content (AvgIpc) is 2.95. The minimum atomic E-state index is -0.735. The molecule has 1 aromatic heterocycles. The van der Waals surface area contributed by atoms with Crippen LogP contribution in [0.5, 0.6) is 0 Å². The van der Waals surface area contributed by atoms with Gasteiger partial charge in [0.1, 0.15) is 0 Å². The van der Waals surface area contributed by atoms with E-state index in [1.807, 2.05) is 0 Å². The molecule has 4 rings (SSSR count). The van der Waals surface area contributed by atoms with Crippen LogP contribution in [0.15, 0.2) is 35.9 Å². The molecule has 1 aliphatic carbocycles. The van der Waals surface area contributed by atoms with E-state index in [-0.39, 0.29) is 6.42 Å². The Kier molecular flexibility index (Phi) is 4.55. The van der Waals surface area contributed by atoms with E-state index in [0.717, 1.165) is 30.8 Å². The highest BCUT2D eigenvalue weighted by atomic mass is 32.1. The minimum Gasteiger partial charge on any atom is -0.481 e. The van der Waals surface area contributed by atoms with Crippen LogP contribution in [0.1, 0.15) is 34.6 Å². The third-order valence-electron chi connectivity index (χ3n) is 4.84. The number of nitrogens with one attached hydrogen (secondary N) is 1. The van der Waals surface area contributed by atoms with Crippen molar-refractivity contribution in [1.29, 1.82) is 0 Å². The second-order valence-corrected chi connectivity index (χ2v) is 7.71. The maximum atomic E-state index is 10.9. The van der Waals surface area contributed by atoms with E-state index in [4.69, 9.17) is 5.11 Å². The van der Waals surface area contributed by atoms with Crippen LogP contribution < -0.4 is 15.8 Å². The van der Waals surface area contributed by atoms with Gasteiger partial charge in [-0.05, 0) is 72.1 Å². The van der Waals surface area contributed by atoms with E-state index in [2.05, 4.69) is 47.8 Å². The lowest BCUT2D eigenvalue weighted by atomic mass is 9.96. The number of rotatable bonds is 3. The van der Waals surface area contributed by atoms with Crippen LogP contribution in [0.2, 0.25) is 0 Å². The summed E-state index contributed by atoms with van der Waals surface area (Å²) >= 11 is 1.76. The number of hydrogen-bond acceptors (Lipinski definition) is 3. The summed E-state index contributed by atoms with van der Waals surface area (Å²) in [7, 11) is 0. The first-order chi connectivity index (χ1) is 12.2. The van der Waals surface area contributed by atoms with Gasteiger partial charge in [0.25, 0.3) is 0 Å². The Morgan fingerprint density at radius 1 is 1.12 bits per heavy atom. The lowest BCUT2D eigenvalue weighted by Crippen LogP contribution is -2.24. The number of hydrogen-bond donors (Lipinski definition) is 2. The van der Waals surface area contributed by atoms with Crippen molar-refractivity contribution < 1.29 is 9.90 Å². The highest BCUT2D eigenvalue weighted by Crippen LogP contribution is 2.36. The minimum absolute atomic E-state index is 0.190. The molecule has 0 spiro atoms. The third kappa shape index (κ3) is 3.46. The summed E-state index contributed by atoms with van der Waals surface area (Å²) in [5.74, 6) is -0.735. The first-order valence-corrected chi connectivity index (χ1v) is 9.58. The molecule has 0 unspecified atom stereocenters. The van der Waals surface area contributed by atoms with Gasteiger partial charge in [0, 0.05) is 9.75 Å². The van der Waals surface area contributed by atoms with Crippen molar-refractivity contribution in [3.05, 3.63) is 61.7 Å². The Bertz CT molecular complexity index is 960. The number of aryl methyl sites for hydroxylation is 1. The Morgan fingerprint density at radius 2 is 1.84 bits per heavy atom. The van der Waals surface area contributed by atoms with E-state index in [9.17, 15) is 4.79 Å². The summed E-state index contributed by atoms with van der Waals surface area (Å²) in [4.78, 5) is 13.4. The Labute approximate surface area is 151 Å².